The molecule has 2 rings (SSSR count). The van der Waals surface area contributed by atoms with Gasteiger partial charge in [0.1, 0.15) is 0 Å². The zero-order valence-corrected chi connectivity index (χ0v) is 12.8. The van der Waals surface area contributed by atoms with Crippen molar-refractivity contribution in [2.75, 3.05) is 13.1 Å². The fourth-order valence-electron chi connectivity index (χ4n) is 2.77. The number of benzene rings is 2. The normalized spacial score (nSPS) is 12.3. The lowest BCUT2D eigenvalue weighted by Crippen LogP contribution is -2.23. The second-order valence-corrected chi connectivity index (χ2v) is 5.49. The Hall–Kier alpha value is -1.60. The van der Waals surface area contributed by atoms with Crippen molar-refractivity contribution in [3.63, 3.8) is 0 Å². The third-order valence-corrected chi connectivity index (χ3v) is 4.01. The minimum atomic E-state index is 0.538. The van der Waals surface area contributed by atoms with Crippen molar-refractivity contribution < 1.29 is 0 Å². The molecule has 0 spiro atoms. The maximum atomic E-state index is 3.51. The number of hydrogen-bond acceptors (Lipinski definition) is 1. The minimum Gasteiger partial charge on any atom is -0.316 e. The number of nitrogens with one attached hydrogen (secondary N) is 1. The zero-order chi connectivity index (χ0) is 14.4. The third-order valence-electron chi connectivity index (χ3n) is 4.01. The number of likely N-dealkylation sites (N-methyl/N-ethyl adjacent to an activating group) is 1. The maximum Gasteiger partial charge on any atom is 0.00232 e. The summed E-state index contributed by atoms with van der Waals surface area (Å²) < 4.78 is 0. The van der Waals surface area contributed by atoms with E-state index in [0.717, 1.165) is 19.5 Å². The molecule has 1 nitrogen and oxygen atoms in total. The van der Waals surface area contributed by atoms with Gasteiger partial charge in [0, 0.05) is 12.5 Å². The molecule has 1 N–H and O–H groups in total. The van der Waals surface area contributed by atoms with Crippen LogP contribution < -0.4 is 5.32 Å². The van der Waals surface area contributed by atoms with Gasteiger partial charge in [-0.15, -0.1) is 0 Å². The summed E-state index contributed by atoms with van der Waals surface area (Å²) in [5.41, 5.74) is 5.74. The quantitative estimate of drug-likeness (QED) is 0.825. The summed E-state index contributed by atoms with van der Waals surface area (Å²) in [4.78, 5) is 0. The molecule has 2 aromatic carbocycles. The Kier molecular flexibility index (Phi) is 5.37. The summed E-state index contributed by atoms with van der Waals surface area (Å²) in [7, 11) is 0. The molecule has 106 valence electrons. The predicted molar refractivity (Wildman–Crippen MR) is 87.3 cm³/mol. The van der Waals surface area contributed by atoms with Crippen LogP contribution in [0, 0.1) is 13.8 Å². The first-order chi connectivity index (χ1) is 9.72. The van der Waals surface area contributed by atoms with Crippen LogP contribution in [0.1, 0.15) is 35.1 Å². The molecule has 0 amide bonds. The van der Waals surface area contributed by atoms with Crippen molar-refractivity contribution in [1.29, 1.82) is 0 Å². The second-order valence-electron chi connectivity index (χ2n) is 5.49. The zero-order valence-electron chi connectivity index (χ0n) is 12.8. The standard InChI is InChI=1S/C19H25N/c1-4-20-14-18(17-11-6-5-7-12-17)13-19-15(2)9-8-10-16(19)3/h5-12,18,20H,4,13-14H2,1-3H3. The first-order valence-electron chi connectivity index (χ1n) is 7.53. The van der Waals surface area contributed by atoms with Crippen LogP contribution in [0.25, 0.3) is 0 Å². The van der Waals surface area contributed by atoms with Gasteiger partial charge in [0.25, 0.3) is 0 Å². The highest BCUT2D eigenvalue weighted by Crippen LogP contribution is 2.24. The Balaban J connectivity index is 2.24. The SMILES string of the molecule is CCNCC(Cc1c(C)cccc1C)c1ccccc1. The van der Waals surface area contributed by atoms with E-state index in [1.807, 2.05) is 0 Å². The highest BCUT2D eigenvalue weighted by molar-refractivity contribution is 5.35. The van der Waals surface area contributed by atoms with Crippen molar-refractivity contribution in [3.05, 3.63) is 70.8 Å². The van der Waals surface area contributed by atoms with Gasteiger partial charge in [0.05, 0.1) is 0 Å². The molecule has 1 atom stereocenters. The molecule has 1 heteroatoms. The summed E-state index contributed by atoms with van der Waals surface area (Å²) in [5.74, 6) is 0.538. The Morgan fingerprint density at radius 2 is 1.55 bits per heavy atom. The van der Waals surface area contributed by atoms with E-state index in [0.29, 0.717) is 5.92 Å². The highest BCUT2D eigenvalue weighted by atomic mass is 14.8. The first kappa shape index (κ1) is 14.8. The molecule has 0 bridgehead atoms. The van der Waals surface area contributed by atoms with Crippen LogP contribution >= 0.6 is 0 Å². The summed E-state index contributed by atoms with van der Waals surface area (Å²) in [6.07, 6.45) is 1.11. The van der Waals surface area contributed by atoms with E-state index in [2.05, 4.69) is 74.6 Å². The monoisotopic (exact) mass is 267 g/mol. The van der Waals surface area contributed by atoms with E-state index in [9.17, 15) is 0 Å². The molecule has 0 radical (unpaired) electrons. The molecule has 1 unspecified atom stereocenters. The molecule has 0 fully saturated rings. The van der Waals surface area contributed by atoms with E-state index in [1.54, 1.807) is 0 Å². The second kappa shape index (κ2) is 7.25. The molecule has 0 saturated heterocycles. The molecule has 2 aromatic rings. The van der Waals surface area contributed by atoms with Crippen molar-refractivity contribution in [1.82, 2.24) is 5.32 Å². The minimum absolute atomic E-state index is 0.538. The summed E-state index contributed by atoms with van der Waals surface area (Å²) in [5, 5.41) is 3.51. The number of rotatable bonds is 6. The van der Waals surface area contributed by atoms with Crippen LogP contribution in [0.3, 0.4) is 0 Å². The fourth-order valence-corrected chi connectivity index (χ4v) is 2.77. The molecular weight excluding hydrogens is 242 g/mol. The molecule has 0 aliphatic rings. The van der Waals surface area contributed by atoms with E-state index >= 15 is 0 Å². The van der Waals surface area contributed by atoms with Crippen molar-refractivity contribution in [3.8, 4) is 0 Å². The van der Waals surface area contributed by atoms with Gasteiger partial charge in [-0.2, -0.15) is 0 Å². The molecular formula is C19H25N. The average Bonchev–Trinajstić information content (AvgIpc) is 2.47. The molecule has 0 aliphatic carbocycles. The predicted octanol–water partition coefficient (Wildman–Crippen LogP) is 4.24. The average molecular weight is 267 g/mol. The van der Waals surface area contributed by atoms with E-state index in [-0.39, 0.29) is 0 Å². The largest absolute Gasteiger partial charge is 0.316 e. The molecule has 0 saturated carbocycles. The topological polar surface area (TPSA) is 12.0 Å². The van der Waals surface area contributed by atoms with Gasteiger partial charge in [0.2, 0.25) is 0 Å². The van der Waals surface area contributed by atoms with Gasteiger partial charge in [-0.05, 0) is 49.1 Å². The number of aryl methyl sites for hydroxylation is 2. The van der Waals surface area contributed by atoms with E-state index in [1.165, 1.54) is 22.3 Å². The van der Waals surface area contributed by atoms with Crippen molar-refractivity contribution >= 4 is 0 Å². The Bertz CT molecular complexity index is 510. The van der Waals surface area contributed by atoms with E-state index < -0.39 is 0 Å². The molecule has 0 aromatic heterocycles. The lowest BCUT2D eigenvalue weighted by Gasteiger charge is -2.20. The lowest BCUT2D eigenvalue weighted by atomic mass is 9.88. The summed E-state index contributed by atoms with van der Waals surface area (Å²) >= 11 is 0. The summed E-state index contributed by atoms with van der Waals surface area (Å²) in [6.45, 7) is 8.67. The Morgan fingerprint density at radius 3 is 2.15 bits per heavy atom. The first-order valence-corrected chi connectivity index (χ1v) is 7.53. The smallest absolute Gasteiger partial charge is 0.00232 e. The van der Waals surface area contributed by atoms with Gasteiger partial charge < -0.3 is 5.32 Å². The van der Waals surface area contributed by atoms with Gasteiger partial charge in [0.15, 0.2) is 0 Å². The maximum absolute atomic E-state index is 3.51. The van der Waals surface area contributed by atoms with Gasteiger partial charge in [-0.3, -0.25) is 0 Å². The van der Waals surface area contributed by atoms with Gasteiger partial charge in [-0.25, -0.2) is 0 Å². The van der Waals surface area contributed by atoms with Crippen LogP contribution in [0.15, 0.2) is 48.5 Å². The van der Waals surface area contributed by atoms with Crippen LogP contribution in [0.2, 0.25) is 0 Å². The Labute approximate surface area is 123 Å². The van der Waals surface area contributed by atoms with E-state index in [4.69, 9.17) is 0 Å². The van der Waals surface area contributed by atoms with Crippen molar-refractivity contribution in [2.45, 2.75) is 33.1 Å². The molecule has 20 heavy (non-hydrogen) atoms. The van der Waals surface area contributed by atoms with Crippen LogP contribution in [-0.4, -0.2) is 13.1 Å². The van der Waals surface area contributed by atoms with Crippen molar-refractivity contribution in [2.24, 2.45) is 0 Å². The van der Waals surface area contributed by atoms with Crippen LogP contribution in [0.5, 0.6) is 0 Å². The third kappa shape index (κ3) is 3.71. The number of hydrogen-bond donors (Lipinski definition) is 1. The highest BCUT2D eigenvalue weighted by Gasteiger charge is 2.14. The fraction of sp³-hybridized carbons (Fsp3) is 0.368. The Morgan fingerprint density at radius 1 is 0.900 bits per heavy atom. The lowest BCUT2D eigenvalue weighted by molar-refractivity contribution is 0.593. The molecule has 0 heterocycles. The summed E-state index contributed by atoms with van der Waals surface area (Å²) in [6, 6.07) is 17.4. The van der Waals surface area contributed by atoms with Gasteiger partial charge in [-0.1, -0.05) is 55.5 Å². The van der Waals surface area contributed by atoms with Gasteiger partial charge >= 0.3 is 0 Å². The molecule has 0 aliphatic heterocycles. The van der Waals surface area contributed by atoms with Crippen LogP contribution in [-0.2, 0) is 6.42 Å². The van der Waals surface area contributed by atoms with Crippen LogP contribution in [0.4, 0.5) is 0 Å².